The summed E-state index contributed by atoms with van der Waals surface area (Å²) in [4.78, 5) is 15.7. The van der Waals surface area contributed by atoms with Crippen LogP contribution in [0.5, 0.6) is 0 Å². The Bertz CT molecular complexity index is 443. The monoisotopic (exact) mass is 360 g/mol. The minimum absolute atomic E-state index is 0.357. The van der Waals surface area contributed by atoms with Crippen molar-refractivity contribution in [3.63, 3.8) is 0 Å². The van der Waals surface area contributed by atoms with Crippen LogP contribution in [0.15, 0.2) is 18.2 Å². The van der Waals surface area contributed by atoms with Crippen molar-refractivity contribution in [3.05, 3.63) is 27.3 Å². The predicted octanol–water partition coefficient (Wildman–Crippen LogP) is 2.13. The molecule has 1 heterocycles. The zero-order valence-corrected chi connectivity index (χ0v) is 12.6. The number of hydrogen-bond donors (Lipinski definition) is 1. The van der Waals surface area contributed by atoms with E-state index >= 15 is 0 Å². The lowest BCUT2D eigenvalue weighted by Gasteiger charge is -2.36. The number of nitrogens with zero attached hydrogens (tertiary/aromatic N) is 2. The Morgan fingerprint density at radius 1 is 1.33 bits per heavy atom. The van der Waals surface area contributed by atoms with Gasteiger partial charge in [-0.25, -0.2) is 4.79 Å². The van der Waals surface area contributed by atoms with Gasteiger partial charge in [0.25, 0.3) is 0 Å². The molecule has 4 nitrogen and oxygen atoms in total. The van der Waals surface area contributed by atoms with E-state index < -0.39 is 5.97 Å². The molecule has 2 rings (SSSR count). The number of carbonyl (C=O) groups is 1. The Labute approximate surface area is 121 Å². The van der Waals surface area contributed by atoms with Gasteiger partial charge in [0.15, 0.2) is 0 Å². The molecule has 0 saturated carbocycles. The summed E-state index contributed by atoms with van der Waals surface area (Å²) in [6.45, 7) is 7.46. The van der Waals surface area contributed by atoms with Crippen molar-refractivity contribution < 1.29 is 9.90 Å². The highest BCUT2D eigenvalue weighted by molar-refractivity contribution is 14.1. The number of halogens is 1. The third kappa shape index (κ3) is 2.95. The molecule has 0 aromatic heterocycles. The van der Waals surface area contributed by atoms with Crippen LogP contribution in [0.4, 0.5) is 5.69 Å². The second kappa shape index (κ2) is 5.88. The first-order chi connectivity index (χ1) is 8.61. The second-order valence-corrected chi connectivity index (χ2v) is 5.55. The van der Waals surface area contributed by atoms with Gasteiger partial charge in [-0.15, -0.1) is 0 Å². The SMILES string of the molecule is CCN1CCN(c2ccc(C(=O)O)cc2I)CC1. The summed E-state index contributed by atoms with van der Waals surface area (Å²) in [5.41, 5.74) is 1.51. The van der Waals surface area contributed by atoms with Crippen LogP contribution in [0.1, 0.15) is 17.3 Å². The van der Waals surface area contributed by atoms with Crippen molar-refractivity contribution >= 4 is 34.2 Å². The first-order valence-corrected chi connectivity index (χ1v) is 7.20. The lowest BCUT2D eigenvalue weighted by molar-refractivity contribution is 0.0697. The molecule has 0 aliphatic carbocycles. The normalized spacial score (nSPS) is 16.9. The number of rotatable bonds is 3. The molecule has 1 fully saturated rings. The second-order valence-electron chi connectivity index (χ2n) is 4.39. The zero-order valence-electron chi connectivity index (χ0n) is 10.4. The Hall–Kier alpha value is -0.820. The van der Waals surface area contributed by atoms with Crippen molar-refractivity contribution in [1.29, 1.82) is 0 Å². The highest BCUT2D eigenvalue weighted by Gasteiger charge is 2.18. The Morgan fingerprint density at radius 3 is 2.50 bits per heavy atom. The highest BCUT2D eigenvalue weighted by atomic mass is 127. The molecule has 0 radical (unpaired) electrons. The minimum Gasteiger partial charge on any atom is -0.478 e. The lowest BCUT2D eigenvalue weighted by atomic mass is 10.2. The van der Waals surface area contributed by atoms with E-state index in [1.54, 1.807) is 12.1 Å². The Balaban J connectivity index is 2.12. The Kier molecular flexibility index (Phi) is 4.45. The average Bonchev–Trinajstić information content (AvgIpc) is 2.38. The fraction of sp³-hybridized carbons (Fsp3) is 0.462. The molecule has 1 aromatic rings. The highest BCUT2D eigenvalue weighted by Crippen LogP contribution is 2.25. The van der Waals surface area contributed by atoms with Crippen molar-refractivity contribution in [3.8, 4) is 0 Å². The van der Waals surface area contributed by atoms with E-state index in [2.05, 4.69) is 39.3 Å². The maximum atomic E-state index is 10.9. The smallest absolute Gasteiger partial charge is 0.335 e. The molecule has 5 heteroatoms. The molecule has 1 aliphatic rings. The maximum absolute atomic E-state index is 10.9. The molecule has 1 aromatic carbocycles. The largest absolute Gasteiger partial charge is 0.478 e. The van der Waals surface area contributed by atoms with E-state index in [1.165, 1.54) is 0 Å². The third-order valence-corrected chi connectivity index (χ3v) is 4.22. The average molecular weight is 360 g/mol. The number of anilines is 1. The molecule has 0 amide bonds. The predicted molar refractivity (Wildman–Crippen MR) is 80.4 cm³/mol. The number of benzene rings is 1. The Morgan fingerprint density at radius 2 is 2.00 bits per heavy atom. The number of likely N-dealkylation sites (N-methyl/N-ethyl adjacent to an activating group) is 1. The summed E-state index contributed by atoms with van der Waals surface area (Å²) in [5.74, 6) is -0.865. The summed E-state index contributed by atoms with van der Waals surface area (Å²) in [6, 6.07) is 5.35. The molecular formula is C13H17IN2O2. The first kappa shape index (κ1) is 13.6. The van der Waals surface area contributed by atoms with Crippen LogP contribution in [0.3, 0.4) is 0 Å². The van der Waals surface area contributed by atoms with Gasteiger partial charge in [-0.3, -0.25) is 0 Å². The molecule has 1 N–H and O–H groups in total. The number of piperazine rings is 1. The van der Waals surface area contributed by atoms with Crippen molar-refractivity contribution in [1.82, 2.24) is 4.90 Å². The quantitative estimate of drug-likeness (QED) is 0.839. The summed E-state index contributed by atoms with van der Waals surface area (Å²) in [6.07, 6.45) is 0. The van der Waals surface area contributed by atoms with Gasteiger partial charge in [0.1, 0.15) is 0 Å². The number of carboxylic acids is 1. The number of aromatic carboxylic acids is 1. The van der Waals surface area contributed by atoms with E-state index in [0.717, 1.165) is 42.0 Å². The minimum atomic E-state index is -0.865. The fourth-order valence-corrected chi connectivity index (χ4v) is 3.06. The lowest BCUT2D eigenvalue weighted by Crippen LogP contribution is -2.46. The topological polar surface area (TPSA) is 43.8 Å². The van der Waals surface area contributed by atoms with E-state index in [4.69, 9.17) is 5.11 Å². The molecule has 98 valence electrons. The van der Waals surface area contributed by atoms with Crippen LogP contribution in [0.2, 0.25) is 0 Å². The van der Waals surface area contributed by atoms with Crippen LogP contribution in [0, 0.1) is 3.57 Å². The van der Waals surface area contributed by atoms with Gasteiger partial charge in [-0.1, -0.05) is 6.92 Å². The molecule has 0 unspecified atom stereocenters. The van der Waals surface area contributed by atoms with Crippen LogP contribution in [0.25, 0.3) is 0 Å². The summed E-state index contributed by atoms with van der Waals surface area (Å²) < 4.78 is 1.01. The number of carboxylic acid groups (broad SMARTS) is 1. The van der Waals surface area contributed by atoms with Crippen LogP contribution in [-0.2, 0) is 0 Å². The maximum Gasteiger partial charge on any atom is 0.335 e. The summed E-state index contributed by atoms with van der Waals surface area (Å²) >= 11 is 2.22. The van der Waals surface area contributed by atoms with Gasteiger partial charge < -0.3 is 14.9 Å². The molecule has 1 aliphatic heterocycles. The van der Waals surface area contributed by atoms with Crippen molar-refractivity contribution in [2.24, 2.45) is 0 Å². The zero-order chi connectivity index (χ0) is 13.1. The van der Waals surface area contributed by atoms with Gasteiger partial charge >= 0.3 is 5.97 Å². The summed E-state index contributed by atoms with van der Waals surface area (Å²) in [7, 11) is 0. The van der Waals surface area contributed by atoms with Gasteiger partial charge in [-0.05, 0) is 47.3 Å². The molecule has 0 spiro atoms. The third-order valence-electron chi connectivity index (χ3n) is 3.35. The fourth-order valence-electron chi connectivity index (χ4n) is 2.20. The van der Waals surface area contributed by atoms with Gasteiger partial charge in [0.2, 0.25) is 0 Å². The van der Waals surface area contributed by atoms with Gasteiger partial charge in [0.05, 0.1) is 11.3 Å². The van der Waals surface area contributed by atoms with E-state index in [1.807, 2.05) is 6.07 Å². The molecule has 1 saturated heterocycles. The van der Waals surface area contributed by atoms with E-state index in [0.29, 0.717) is 5.56 Å². The summed E-state index contributed by atoms with van der Waals surface area (Å²) in [5, 5.41) is 8.95. The molecule has 0 atom stereocenters. The van der Waals surface area contributed by atoms with Crippen LogP contribution >= 0.6 is 22.6 Å². The molecule has 18 heavy (non-hydrogen) atoms. The molecule has 0 bridgehead atoms. The molecular weight excluding hydrogens is 343 g/mol. The standard InChI is InChI=1S/C13H17IN2O2/c1-2-15-5-7-16(8-6-15)12-4-3-10(13(17)18)9-11(12)14/h3-4,9H,2,5-8H2,1H3,(H,17,18). The van der Waals surface area contributed by atoms with Gasteiger partial charge in [-0.2, -0.15) is 0 Å². The first-order valence-electron chi connectivity index (χ1n) is 6.12. The van der Waals surface area contributed by atoms with Gasteiger partial charge in [0, 0.05) is 29.7 Å². The van der Waals surface area contributed by atoms with Crippen molar-refractivity contribution in [2.75, 3.05) is 37.6 Å². The number of hydrogen-bond acceptors (Lipinski definition) is 3. The van der Waals surface area contributed by atoms with Crippen molar-refractivity contribution in [2.45, 2.75) is 6.92 Å². The van der Waals surface area contributed by atoms with E-state index in [9.17, 15) is 4.79 Å². The van der Waals surface area contributed by atoms with E-state index in [-0.39, 0.29) is 0 Å². The van der Waals surface area contributed by atoms with Crippen LogP contribution < -0.4 is 4.90 Å². The van der Waals surface area contributed by atoms with Crippen LogP contribution in [-0.4, -0.2) is 48.7 Å².